The van der Waals surface area contributed by atoms with Crippen molar-refractivity contribution in [1.29, 1.82) is 0 Å². The first-order valence-electron chi connectivity index (χ1n) is 11.6. The van der Waals surface area contributed by atoms with E-state index in [1.165, 1.54) is 0 Å². The van der Waals surface area contributed by atoms with E-state index >= 15 is 0 Å². The third-order valence-corrected chi connectivity index (χ3v) is 5.40. The SMILES string of the molecule is CC(C)C[C@H](NC(=O)CNC(=O)OCc1ccccc1)C(=O)N[C@@H](Cc1ccccc1)[C@@H]1CO1. The second kappa shape index (κ2) is 12.7. The number of alkyl carbamates (subject to hydrolysis) is 1. The highest BCUT2D eigenvalue weighted by Gasteiger charge is 2.35. The number of carbonyl (C=O) groups excluding carboxylic acids is 3. The van der Waals surface area contributed by atoms with Crippen LogP contribution in [0.5, 0.6) is 0 Å². The topological polar surface area (TPSA) is 109 Å². The van der Waals surface area contributed by atoms with E-state index in [1.54, 1.807) is 0 Å². The Morgan fingerprint density at radius 3 is 2.18 bits per heavy atom. The van der Waals surface area contributed by atoms with Gasteiger partial charge >= 0.3 is 6.09 Å². The first-order chi connectivity index (χ1) is 16.4. The van der Waals surface area contributed by atoms with E-state index in [4.69, 9.17) is 9.47 Å². The van der Waals surface area contributed by atoms with Crippen LogP contribution in [0.4, 0.5) is 4.79 Å². The predicted molar refractivity (Wildman–Crippen MR) is 128 cm³/mol. The van der Waals surface area contributed by atoms with E-state index in [0.717, 1.165) is 11.1 Å². The third kappa shape index (κ3) is 8.86. The summed E-state index contributed by atoms with van der Waals surface area (Å²) in [6.45, 7) is 4.40. The second-order valence-electron chi connectivity index (χ2n) is 8.84. The van der Waals surface area contributed by atoms with Crippen molar-refractivity contribution < 1.29 is 23.9 Å². The fraction of sp³-hybridized carbons (Fsp3) is 0.423. The van der Waals surface area contributed by atoms with Gasteiger partial charge in [-0.2, -0.15) is 0 Å². The normalized spacial score (nSPS) is 16.3. The van der Waals surface area contributed by atoms with Crippen LogP contribution in [0.25, 0.3) is 0 Å². The van der Waals surface area contributed by atoms with Crippen LogP contribution in [-0.2, 0) is 32.1 Å². The fourth-order valence-corrected chi connectivity index (χ4v) is 3.59. The molecule has 0 spiro atoms. The summed E-state index contributed by atoms with van der Waals surface area (Å²) in [6.07, 6.45) is 0.395. The summed E-state index contributed by atoms with van der Waals surface area (Å²) in [5.41, 5.74) is 1.95. The first kappa shape index (κ1) is 25.2. The maximum atomic E-state index is 13.1. The summed E-state index contributed by atoms with van der Waals surface area (Å²) in [7, 11) is 0. The molecule has 2 aromatic carbocycles. The number of benzene rings is 2. The quantitative estimate of drug-likeness (QED) is 0.416. The number of nitrogens with one attached hydrogen (secondary N) is 3. The summed E-state index contributed by atoms with van der Waals surface area (Å²) in [5, 5.41) is 8.22. The molecule has 182 valence electrons. The van der Waals surface area contributed by atoms with Crippen LogP contribution in [0.15, 0.2) is 60.7 Å². The molecule has 8 heteroatoms. The highest BCUT2D eigenvalue weighted by molar-refractivity contribution is 5.89. The first-order valence-corrected chi connectivity index (χ1v) is 11.6. The van der Waals surface area contributed by atoms with Gasteiger partial charge < -0.3 is 25.4 Å². The maximum Gasteiger partial charge on any atom is 0.407 e. The molecule has 1 aliphatic heterocycles. The van der Waals surface area contributed by atoms with E-state index in [2.05, 4.69) is 16.0 Å². The monoisotopic (exact) mass is 467 g/mol. The van der Waals surface area contributed by atoms with Crippen LogP contribution in [0.1, 0.15) is 31.4 Å². The van der Waals surface area contributed by atoms with Gasteiger partial charge in [-0.3, -0.25) is 9.59 Å². The highest BCUT2D eigenvalue weighted by Crippen LogP contribution is 2.18. The van der Waals surface area contributed by atoms with Crippen molar-refractivity contribution in [2.75, 3.05) is 13.2 Å². The molecule has 1 heterocycles. The Morgan fingerprint density at radius 1 is 0.971 bits per heavy atom. The van der Waals surface area contributed by atoms with Crippen molar-refractivity contribution in [1.82, 2.24) is 16.0 Å². The second-order valence-corrected chi connectivity index (χ2v) is 8.84. The minimum absolute atomic E-state index is 0.0272. The molecule has 3 atom stereocenters. The van der Waals surface area contributed by atoms with Gasteiger partial charge in [-0.1, -0.05) is 74.5 Å². The molecule has 3 N–H and O–H groups in total. The van der Waals surface area contributed by atoms with Gasteiger partial charge in [0.05, 0.1) is 12.6 Å². The Hall–Kier alpha value is -3.39. The van der Waals surface area contributed by atoms with Crippen LogP contribution >= 0.6 is 0 Å². The number of hydrogen-bond donors (Lipinski definition) is 3. The molecule has 0 bridgehead atoms. The molecule has 0 radical (unpaired) electrons. The summed E-state index contributed by atoms with van der Waals surface area (Å²) in [6, 6.07) is 18.3. The van der Waals surface area contributed by atoms with Crippen LogP contribution in [-0.4, -0.2) is 49.2 Å². The average Bonchev–Trinajstić information content (AvgIpc) is 3.67. The van der Waals surface area contributed by atoms with Crippen LogP contribution in [0.2, 0.25) is 0 Å². The van der Waals surface area contributed by atoms with E-state index in [9.17, 15) is 14.4 Å². The van der Waals surface area contributed by atoms with Gasteiger partial charge in [0.15, 0.2) is 0 Å². The number of carbonyl (C=O) groups is 3. The molecule has 0 saturated carbocycles. The third-order valence-electron chi connectivity index (χ3n) is 5.40. The van der Waals surface area contributed by atoms with Gasteiger partial charge in [0, 0.05) is 0 Å². The highest BCUT2D eigenvalue weighted by atomic mass is 16.6. The van der Waals surface area contributed by atoms with Crippen LogP contribution < -0.4 is 16.0 Å². The smallest absolute Gasteiger partial charge is 0.407 e. The Balaban J connectivity index is 1.48. The summed E-state index contributed by atoms with van der Waals surface area (Å²) in [5.74, 6) is -0.533. The lowest BCUT2D eigenvalue weighted by molar-refractivity contribution is -0.129. The minimum atomic E-state index is -0.716. The molecule has 0 aliphatic carbocycles. The molecule has 0 aromatic heterocycles. The van der Waals surface area contributed by atoms with Crippen LogP contribution in [0.3, 0.4) is 0 Å². The Kier molecular flexibility index (Phi) is 9.46. The minimum Gasteiger partial charge on any atom is -0.445 e. The van der Waals surface area contributed by atoms with Gasteiger partial charge in [0.25, 0.3) is 0 Å². The Labute approximate surface area is 200 Å². The van der Waals surface area contributed by atoms with Crippen molar-refractivity contribution >= 4 is 17.9 Å². The molecule has 1 saturated heterocycles. The van der Waals surface area contributed by atoms with Crippen LogP contribution in [0, 0.1) is 5.92 Å². The van der Waals surface area contributed by atoms with Gasteiger partial charge in [0.2, 0.25) is 11.8 Å². The summed E-state index contributed by atoms with van der Waals surface area (Å²) >= 11 is 0. The van der Waals surface area contributed by atoms with E-state index in [-0.39, 0.29) is 37.1 Å². The van der Waals surface area contributed by atoms with E-state index < -0.39 is 18.0 Å². The lowest BCUT2D eigenvalue weighted by Crippen LogP contribution is -2.53. The van der Waals surface area contributed by atoms with Crippen molar-refractivity contribution in [2.45, 2.75) is 51.5 Å². The van der Waals surface area contributed by atoms with Gasteiger partial charge in [-0.05, 0) is 29.9 Å². The predicted octanol–water partition coefficient (Wildman–Crippen LogP) is 2.57. The molecular weight excluding hydrogens is 434 g/mol. The molecule has 3 amide bonds. The summed E-state index contributed by atoms with van der Waals surface area (Å²) in [4.78, 5) is 37.4. The molecule has 8 nitrogen and oxygen atoms in total. The van der Waals surface area contributed by atoms with Crippen molar-refractivity contribution in [3.05, 3.63) is 71.8 Å². The standard InChI is InChI=1S/C26H33N3O5/c1-18(2)13-22(25(31)29-21(23-17-33-23)14-19-9-5-3-6-10-19)28-24(30)15-27-26(32)34-16-20-11-7-4-8-12-20/h3-12,18,21-23H,13-17H2,1-2H3,(H,27,32)(H,28,30)(H,29,31)/t21-,22-,23-/m0/s1. The Bertz CT molecular complexity index is 932. The molecule has 34 heavy (non-hydrogen) atoms. The van der Waals surface area contributed by atoms with E-state index in [1.807, 2.05) is 74.5 Å². The maximum absolute atomic E-state index is 13.1. The fourth-order valence-electron chi connectivity index (χ4n) is 3.59. The lowest BCUT2D eigenvalue weighted by Gasteiger charge is -2.24. The zero-order chi connectivity index (χ0) is 24.3. The molecule has 2 aromatic rings. The average molecular weight is 468 g/mol. The van der Waals surface area contributed by atoms with Gasteiger partial charge in [-0.15, -0.1) is 0 Å². The zero-order valence-electron chi connectivity index (χ0n) is 19.7. The number of hydrogen-bond acceptors (Lipinski definition) is 5. The van der Waals surface area contributed by atoms with Crippen molar-refractivity contribution in [3.8, 4) is 0 Å². The number of epoxide rings is 1. The largest absolute Gasteiger partial charge is 0.445 e. The summed E-state index contributed by atoms with van der Waals surface area (Å²) < 4.78 is 10.6. The molecular formula is C26H33N3O5. The molecule has 1 aliphatic rings. The van der Waals surface area contributed by atoms with Gasteiger partial charge in [-0.25, -0.2) is 4.79 Å². The van der Waals surface area contributed by atoms with E-state index in [0.29, 0.717) is 19.4 Å². The molecule has 3 rings (SSSR count). The number of amides is 3. The number of rotatable bonds is 12. The molecule has 0 unspecified atom stereocenters. The van der Waals surface area contributed by atoms with Crippen molar-refractivity contribution in [3.63, 3.8) is 0 Å². The Morgan fingerprint density at radius 2 is 1.59 bits per heavy atom. The lowest BCUT2D eigenvalue weighted by atomic mass is 10.0. The van der Waals surface area contributed by atoms with Crippen molar-refractivity contribution in [2.24, 2.45) is 5.92 Å². The zero-order valence-corrected chi connectivity index (χ0v) is 19.7. The van der Waals surface area contributed by atoms with Gasteiger partial charge in [0.1, 0.15) is 25.3 Å². The molecule has 1 fully saturated rings. The number of ether oxygens (including phenoxy) is 2.